The van der Waals surface area contributed by atoms with Crippen LogP contribution >= 0.6 is 0 Å². The molecule has 40 heavy (non-hydrogen) atoms. The van der Waals surface area contributed by atoms with Crippen molar-refractivity contribution in [2.75, 3.05) is 42.7 Å². The second-order valence-electron chi connectivity index (χ2n) is 8.59. The van der Waals surface area contributed by atoms with Crippen LogP contribution in [0.25, 0.3) is 5.69 Å². The van der Waals surface area contributed by atoms with Gasteiger partial charge in [0.25, 0.3) is 5.56 Å². The Bertz CT molecular complexity index is 1450. The molecule has 1 atom stereocenters. The molecule has 17 heteroatoms. The van der Waals surface area contributed by atoms with Crippen molar-refractivity contribution in [2.24, 2.45) is 7.05 Å². The molecule has 1 aromatic carbocycles. The Balaban J connectivity index is 1.98. The van der Waals surface area contributed by atoms with Gasteiger partial charge < -0.3 is 19.8 Å². The first-order valence-corrected chi connectivity index (χ1v) is 11.7. The number of rotatable bonds is 5. The third kappa shape index (κ3) is 5.58. The van der Waals surface area contributed by atoms with Crippen LogP contribution in [-0.4, -0.2) is 71.6 Å². The Labute approximate surface area is 222 Å². The van der Waals surface area contributed by atoms with E-state index in [1.54, 1.807) is 4.90 Å². The third-order valence-corrected chi connectivity index (χ3v) is 6.04. The first-order valence-electron chi connectivity index (χ1n) is 11.7. The molecule has 0 saturated carbocycles. The van der Waals surface area contributed by atoms with Gasteiger partial charge >= 0.3 is 24.2 Å². The molecule has 216 valence electrons. The molecule has 1 fully saturated rings. The van der Waals surface area contributed by atoms with Crippen LogP contribution in [0.3, 0.4) is 0 Å². The van der Waals surface area contributed by atoms with Gasteiger partial charge in [0, 0.05) is 33.2 Å². The summed E-state index contributed by atoms with van der Waals surface area (Å²) < 4.78 is 83.4. The van der Waals surface area contributed by atoms with E-state index in [-0.39, 0.29) is 31.0 Å². The van der Waals surface area contributed by atoms with Crippen LogP contribution in [0.2, 0.25) is 0 Å². The molecule has 0 aliphatic carbocycles. The summed E-state index contributed by atoms with van der Waals surface area (Å²) in [4.78, 5) is 46.6. The fraction of sp³-hybridized carbons (Fsp3) is 0.435. The minimum absolute atomic E-state index is 0.151. The molecule has 11 nitrogen and oxygen atoms in total. The van der Waals surface area contributed by atoms with E-state index in [9.17, 15) is 40.7 Å². The quantitative estimate of drug-likeness (QED) is 0.417. The summed E-state index contributed by atoms with van der Waals surface area (Å²) >= 11 is 0. The summed E-state index contributed by atoms with van der Waals surface area (Å²) in [5.74, 6) is 1.59. The molecule has 2 aliphatic heterocycles. The van der Waals surface area contributed by atoms with Crippen LogP contribution in [0.1, 0.15) is 6.92 Å². The molecule has 0 bridgehead atoms. The van der Waals surface area contributed by atoms with Gasteiger partial charge in [-0.3, -0.25) is 14.3 Å². The van der Waals surface area contributed by atoms with E-state index >= 15 is 0 Å². The highest BCUT2D eigenvalue weighted by atomic mass is 19.4. The van der Waals surface area contributed by atoms with E-state index in [2.05, 4.69) is 21.9 Å². The average Bonchev–Trinajstić information content (AvgIpc) is 3.19. The zero-order valence-electron chi connectivity index (χ0n) is 21.0. The lowest BCUT2D eigenvalue weighted by Crippen LogP contribution is -2.61. The van der Waals surface area contributed by atoms with E-state index in [1.165, 1.54) is 11.8 Å². The summed E-state index contributed by atoms with van der Waals surface area (Å²) in [5, 5.41) is 3.60. The second kappa shape index (κ2) is 10.8. The van der Waals surface area contributed by atoms with Crippen LogP contribution < -0.4 is 31.3 Å². The summed E-state index contributed by atoms with van der Waals surface area (Å²) in [6.45, 7) is 2.62. The van der Waals surface area contributed by atoms with Crippen molar-refractivity contribution in [3.05, 3.63) is 45.1 Å². The van der Waals surface area contributed by atoms with Gasteiger partial charge in [0.2, 0.25) is 0 Å². The van der Waals surface area contributed by atoms with E-state index in [0.29, 0.717) is 22.7 Å². The maximum Gasteiger partial charge on any atom is 0.573 e. The number of nitrogens with zero attached hydrogens (tertiary/aromatic N) is 5. The number of anilines is 2. The number of hydrogen-bond donors (Lipinski definition) is 1. The van der Waals surface area contributed by atoms with Crippen molar-refractivity contribution in [3.8, 4) is 23.3 Å². The third-order valence-electron chi connectivity index (χ3n) is 6.04. The highest BCUT2D eigenvalue weighted by Gasteiger charge is 2.51. The lowest BCUT2D eigenvalue weighted by atomic mass is 10.3. The number of alkyl halides is 6. The van der Waals surface area contributed by atoms with Crippen LogP contribution in [-0.2, 0) is 16.7 Å². The molecule has 0 amide bonds. The smallest absolute Gasteiger partial charge is 0.406 e. The number of benzene rings is 1. The molecule has 1 N–H and O–H groups in total. The Hall–Kier alpha value is -4.17. The maximum absolute atomic E-state index is 13.4. The Kier molecular flexibility index (Phi) is 7.76. The van der Waals surface area contributed by atoms with Crippen LogP contribution in [0.5, 0.6) is 5.75 Å². The van der Waals surface area contributed by atoms with Crippen LogP contribution in [0, 0.1) is 11.8 Å². The highest BCUT2D eigenvalue weighted by molar-refractivity contribution is 5.80. The second-order valence-corrected chi connectivity index (χ2v) is 8.59. The van der Waals surface area contributed by atoms with Crippen molar-refractivity contribution >= 4 is 17.5 Å². The van der Waals surface area contributed by atoms with Gasteiger partial charge in [0.15, 0.2) is 17.8 Å². The van der Waals surface area contributed by atoms with Gasteiger partial charge in [0.1, 0.15) is 5.75 Å². The molecule has 3 heterocycles. The predicted octanol–water partition coefficient (Wildman–Crippen LogP) is 1.29. The van der Waals surface area contributed by atoms with Gasteiger partial charge in [0.05, 0.1) is 12.2 Å². The molecule has 1 aromatic heterocycles. The Morgan fingerprint density at radius 3 is 2.25 bits per heavy atom. The van der Waals surface area contributed by atoms with Crippen LogP contribution in [0.4, 0.5) is 37.8 Å². The standard InChI is InChI=1S/C23H22F6N6O5/c1-3-4-11-33-16-17(35(40-19(37)22(24,25)26)20(33)32-12-9-30-10-13-32)34(21(38)31(2)18(16)36)14-5-7-15(8-6-14)39-23(27,28)29/h5-8,20,30H,9-13H2,1-2H3. The van der Waals surface area contributed by atoms with E-state index in [0.717, 1.165) is 35.9 Å². The van der Waals surface area contributed by atoms with Crippen molar-refractivity contribution in [1.82, 2.24) is 19.4 Å². The zero-order chi connectivity index (χ0) is 29.4. The molecule has 4 rings (SSSR count). The molecule has 0 spiro atoms. The number of hydroxylamine groups is 1. The summed E-state index contributed by atoms with van der Waals surface area (Å²) in [7, 11) is 1.12. The van der Waals surface area contributed by atoms with Gasteiger partial charge in [-0.05, 0) is 31.2 Å². The van der Waals surface area contributed by atoms with Crippen LogP contribution in [0.15, 0.2) is 33.9 Å². The maximum atomic E-state index is 13.4. The minimum Gasteiger partial charge on any atom is -0.406 e. The Morgan fingerprint density at radius 2 is 1.70 bits per heavy atom. The highest BCUT2D eigenvalue weighted by Crippen LogP contribution is 2.40. The number of nitrogens with one attached hydrogen (secondary N) is 1. The molecule has 2 aromatic rings. The number of fused-ring (bicyclic) bond motifs is 1. The predicted molar refractivity (Wildman–Crippen MR) is 128 cm³/mol. The van der Waals surface area contributed by atoms with E-state index < -0.39 is 47.6 Å². The molecule has 2 aliphatic rings. The van der Waals surface area contributed by atoms with Crippen molar-refractivity contribution in [2.45, 2.75) is 25.8 Å². The monoisotopic (exact) mass is 576 g/mol. The van der Waals surface area contributed by atoms with Crippen molar-refractivity contribution in [3.63, 3.8) is 0 Å². The number of carbonyl (C=O) groups excluding carboxylic acids is 1. The number of carbonyl (C=O) groups is 1. The zero-order valence-corrected chi connectivity index (χ0v) is 21.0. The number of piperazine rings is 1. The topological polar surface area (TPSA) is 101 Å². The summed E-state index contributed by atoms with van der Waals surface area (Å²) in [5.41, 5.74) is -2.44. The minimum atomic E-state index is -5.44. The fourth-order valence-corrected chi connectivity index (χ4v) is 4.34. The molecule has 1 unspecified atom stereocenters. The first-order chi connectivity index (χ1) is 18.7. The number of ether oxygens (including phenoxy) is 1. The first kappa shape index (κ1) is 28.8. The van der Waals surface area contributed by atoms with E-state index in [4.69, 9.17) is 4.84 Å². The van der Waals surface area contributed by atoms with E-state index in [1.807, 2.05) is 0 Å². The molecule has 1 saturated heterocycles. The normalized spacial score (nSPS) is 17.8. The van der Waals surface area contributed by atoms with Gasteiger partial charge in [-0.1, -0.05) is 5.92 Å². The molecular formula is C23H22F6N6O5. The number of hydrogen-bond acceptors (Lipinski definition) is 9. The number of halogens is 6. The fourth-order valence-electron chi connectivity index (χ4n) is 4.34. The lowest BCUT2D eigenvalue weighted by Gasteiger charge is -2.40. The Morgan fingerprint density at radius 1 is 1.07 bits per heavy atom. The average molecular weight is 576 g/mol. The largest absolute Gasteiger partial charge is 0.573 e. The molecule has 0 radical (unpaired) electrons. The van der Waals surface area contributed by atoms with Gasteiger partial charge in [-0.15, -0.1) is 24.2 Å². The summed E-state index contributed by atoms with van der Waals surface area (Å²) in [6.07, 6.45) is -11.8. The SMILES string of the molecule is CC#CCN1c2c(n(-c3ccc(OC(F)(F)F)cc3)c(=O)n(C)c2=O)N(OC(=O)C(F)(F)F)C1N1CCNCC1. The number of aromatic nitrogens is 2. The summed E-state index contributed by atoms with van der Waals surface area (Å²) in [6, 6.07) is 3.82. The lowest BCUT2D eigenvalue weighted by molar-refractivity contribution is -0.274. The molecular weight excluding hydrogens is 554 g/mol. The van der Waals surface area contributed by atoms with Crippen molar-refractivity contribution in [1.29, 1.82) is 0 Å². The van der Waals surface area contributed by atoms with Gasteiger partial charge in [-0.25, -0.2) is 14.2 Å². The van der Waals surface area contributed by atoms with Gasteiger partial charge in [-0.2, -0.15) is 13.2 Å². The van der Waals surface area contributed by atoms with Crippen molar-refractivity contribution < 1.29 is 40.7 Å².